The molecule has 1 N–H and O–H groups in total. The molecule has 0 bridgehead atoms. The maximum atomic E-state index is 12.1. The van der Waals surface area contributed by atoms with Crippen molar-refractivity contribution in [1.82, 2.24) is 15.1 Å². The fourth-order valence-corrected chi connectivity index (χ4v) is 2.72. The van der Waals surface area contributed by atoms with Gasteiger partial charge in [-0.05, 0) is 36.4 Å². The number of para-hydroxylation sites is 1. The second kappa shape index (κ2) is 7.84. The topological polar surface area (TPSA) is 56.1 Å². The number of halogens is 1. The number of benzene rings is 2. The Morgan fingerprint density at radius 1 is 1.11 bits per heavy atom. The van der Waals surface area contributed by atoms with Gasteiger partial charge in [-0.1, -0.05) is 56.6 Å². The number of aromatic nitrogens is 2. The van der Waals surface area contributed by atoms with Crippen molar-refractivity contribution in [3.05, 3.63) is 77.1 Å². The monoisotopic (exact) mass is 383 g/mol. The van der Waals surface area contributed by atoms with E-state index < -0.39 is 6.09 Å². The summed E-state index contributed by atoms with van der Waals surface area (Å²) >= 11 is 6.13. The number of rotatable bonds is 4. The maximum absolute atomic E-state index is 12.1. The van der Waals surface area contributed by atoms with Gasteiger partial charge in [0.1, 0.15) is 5.75 Å². The van der Waals surface area contributed by atoms with E-state index in [4.69, 9.17) is 21.4 Å². The summed E-state index contributed by atoms with van der Waals surface area (Å²) in [5.74, 6) is 0.494. The number of ether oxygens (including phenoxy) is 1. The highest BCUT2D eigenvalue weighted by molar-refractivity contribution is 6.30. The van der Waals surface area contributed by atoms with Crippen molar-refractivity contribution in [1.29, 1.82) is 0 Å². The van der Waals surface area contributed by atoms with Gasteiger partial charge in [0.25, 0.3) is 0 Å². The molecular formula is C21H22ClN3O2. The van der Waals surface area contributed by atoms with Crippen molar-refractivity contribution in [3.63, 3.8) is 0 Å². The highest BCUT2D eigenvalue weighted by Gasteiger charge is 2.21. The molecule has 0 saturated heterocycles. The van der Waals surface area contributed by atoms with Gasteiger partial charge < -0.3 is 10.1 Å². The van der Waals surface area contributed by atoms with Gasteiger partial charge in [-0.15, -0.1) is 0 Å². The standard InChI is InChI=1S/C21H22ClN3O2/c1-21(2,3)19-13-17(25(24-19)16-9-7-8-15(22)12-16)14-23-20(26)27-18-10-5-4-6-11-18/h4-13H,14H2,1-3H3,(H,23,26). The van der Waals surface area contributed by atoms with Gasteiger partial charge in [-0.2, -0.15) is 5.10 Å². The van der Waals surface area contributed by atoms with E-state index in [9.17, 15) is 4.79 Å². The molecule has 0 fully saturated rings. The third-order valence-electron chi connectivity index (χ3n) is 3.97. The number of carbonyl (C=O) groups is 1. The van der Waals surface area contributed by atoms with Gasteiger partial charge in [0.05, 0.1) is 23.6 Å². The molecule has 0 aliphatic rings. The molecule has 3 aromatic rings. The van der Waals surface area contributed by atoms with E-state index in [2.05, 4.69) is 26.1 Å². The Labute approximate surface area is 163 Å². The summed E-state index contributed by atoms with van der Waals surface area (Å²) in [6.45, 7) is 6.57. The molecule has 0 aliphatic heterocycles. The van der Waals surface area contributed by atoms with Crippen molar-refractivity contribution in [2.75, 3.05) is 0 Å². The lowest BCUT2D eigenvalue weighted by Crippen LogP contribution is -2.27. The molecule has 2 aromatic carbocycles. The summed E-state index contributed by atoms with van der Waals surface area (Å²) in [4.78, 5) is 12.1. The van der Waals surface area contributed by atoms with E-state index >= 15 is 0 Å². The molecule has 0 saturated carbocycles. The minimum absolute atomic E-state index is 0.122. The lowest BCUT2D eigenvalue weighted by molar-refractivity contribution is 0.199. The lowest BCUT2D eigenvalue weighted by atomic mass is 9.92. The van der Waals surface area contributed by atoms with Crippen molar-refractivity contribution < 1.29 is 9.53 Å². The van der Waals surface area contributed by atoms with Crippen LogP contribution >= 0.6 is 11.6 Å². The van der Waals surface area contributed by atoms with Crippen LogP contribution in [0.4, 0.5) is 4.79 Å². The molecule has 1 aromatic heterocycles. The largest absolute Gasteiger partial charge is 0.412 e. The Hall–Kier alpha value is -2.79. The van der Waals surface area contributed by atoms with Gasteiger partial charge in [0.15, 0.2) is 0 Å². The summed E-state index contributed by atoms with van der Waals surface area (Å²) in [6.07, 6.45) is -0.516. The molecule has 6 heteroatoms. The molecule has 0 radical (unpaired) electrons. The minimum Gasteiger partial charge on any atom is -0.410 e. The van der Waals surface area contributed by atoms with E-state index in [0.717, 1.165) is 17.1 Å². The molecular weight excluding hydrogens is 362 g/mol. The summed E-state index contributed by atoms with van der Waals surface area (Å²) < 4.78 is 7.07. The lowest BCUT2D eigenvalue weighted by Gasteiger charge is -2.14. The highest BCUT2D eigenvalue weighted by atomic mass is 35.5. The average molecular weight is 384 g/mol. The van der Waals surface area contributed by atoms with Gasteiger partial charge in [-0.3, -0.25) is 0 Å². The Balaban J connectivity index is 1.81. The molecule has 0 aliphatic carbocycles. The molecule has 27 heavy (non-hydrogen) atoms. The van der Waals surface area contributed by atoms with Crippen molar-refractivity contribution in [2.24, 2.45) is 0 Å². The Morgan fingerprint density at radius 2 is 1.85 bits per heavy atom. The fourth-order valence-electron chi connectivity index (χ4n) is 2.54. The third-order valence-corrected chi connectivity index (χ3v) is 4.21. The van der Waals surface area contributed by atoms with Crippen LogP contribution < -0.4 is 10.1 Å². The molecule has 1 amide bonds. The van der Waals surface area contributed by atoms with Crippen LogP contribution in [0.15, 0.2) is 60.7 Å². The van der Waals surface area contributed by atoms with E-state index in [0.29, 0.717) is 10.8 Å². The van der Waals surface area contributed by atoms with Crippen LogP contribution in [-0.4, -0.2) is 15.9 Å². The van der Waals surface area contributed by atoms with Crippen LogP contribution in [0.2, 0.25) is 5.02 Å². The van der Waals surface area contributed by atoms with Crippen LogP contribution in [0.1, 0.15) is 32.2 Å². The number of carbonyl (C=O) groups excluding carboxylic acids is 1. The van der Waals surface area contributed by atoms with Crippen LogP contribution in [-0.2, 0) is 12.0 Å². The molecule has 1 heterocycles. The first kappa shape index (κ1) is 19.0. The van der Waals surface area contributed by atoms with Crippen LogP contribution in [0.25, 0.3) is 5.69 Å². The van der Waals surface area contributed by atoms with Crippen molar-refractivity contribution in [3.8, 4) is 11.4 Å². The van der Waals surface area contributed by atoms with Crippen LogP contribution in [0.3, 0.4) is 0 Å². The Kier molecular flexibility index (Phi) is 5.51. The molecule has 3 rings (SSSR count). The summed E-state index contributed by atoms with van der Waals surface area (Å²) in [5, 5.41) is 8.13. The normalized spacial score (nSPS) is 11.3. The van der Waals surface area contributed by atoms with E-state index in [1.807, 2.05) is 48.5 Å². The number of nitrogens with zero attached hydrogens (tertiary/aromatic N) is 2. The maximum Gasteiger partial charge on any atom is 0.412 e. The summed E-state index contributed by atoms with van der Waals surface area (Å²) in [7, 11) is 0. The quantitative estimate of drug-likeness (QED) is 0.680. The first-order chi connectivity index (χ1) is 12.8. The van der Waals surface area contributed by atoms with E-state index in [1.165, 1.54) is 0 Å². The fraction of sp³-hybridized carbons (Fsp3) is 0.238. The highest BCUT2D eigenvalue weighted by Crippen LogP contribution is 2.24. The molecule has 140 valence electrons. The van der Waals surface area contributed by atoms with Crippen LogP contribution in [0.5, 0.6) is 5.75 Å². The van der Waals surface area contributed by atoms with E-state index in [-0.39, 0.29) is 12.0 Å². The van der Waals surface area contributed by atoms with Gasteiger partial charge in [0.2, 0.25) is 0 Å². The molecule has 0 unspecified atom stereocenters. The molecule has 5 nitrogen and oxygen atoms in total. The zero-order valence-electron chi connectivity index (χ0n) is 15.6. The minimum atomic E-state index is -0.516. The average Bonchev–Trinajstić information content (AvgIpc) is 3.05. The zero-order chi connectivity index (χ0) is 19.4. The second-order valence-corrected chi connectivity index (χ2v) is 7.66. The molecule has 0 atom stereocenters. The first-order valence-corrected chi connectivity index (χ1v) is 9.07. The third kappa shape index (κ3) is 4.89. The number of amides is 1. The molecule has 0 spiro atoms. The summed E-state index contributed by atoms with van der Waals surface area (Å²) in [5.41, 5.74) is 2.48. The van der Waals surface area contributed by atoms with Crippen molar-refractivity contribution in [2.45, 2.75) is 32.7 Å². The number of hydrogen-bond acceptors (Lipinski definition) is 3. The predicted molar refractivity (Wildman–Crippen MR) is 107 cm³/mol. The second-order valence-electron chi connectivity index (χ2n) is 7.22. The van der Waals surface area contributed by atoms with Crippen molar-refractivity contribution >= 4 is 17.7 Å². The number of hydrogen-bond donors (Lipinski definition) is 1. The number of nitrogens with one attached hydrogen (secondary N) is 1. The Morgan fingerprint density at radius 3 is 2.52 bits per heavy atom. The van der Waals surface area contributed by atoms with Gasteiger partial charge in [-0.25, -0.2) is 9.48 Å². The van der Waals surface area contributed by atoms with Crippen LogP contribution in [0, 0.1) is 0 Å². The summed E-state index contributed by atoms with van der Waals surface area (Å²) in [6, 6.07) is 18.4. The Bertz CT molecular complexity index is 930. The smallest absolute Gasteiger partial charge is 0.410 e. The van der Waals surface area contributed by atoms with E-state index in [1.54, 1.807) is 16.8 Å². The first-order valence-electron chi connectivity index (χ1n) is 8.69. The SMILES string of the molecule is CC(C)(C)c1cc(CNC(=O)Oc2ccccc2)n(-c2cccc(Cl)c2)n1. The van der Waals surface area contributed by atoms with Gasteiger partial charge >= 0.3 is 6.09 Å². The zero-order valence-corrected chi connectivity index (χ0v) is 16.3. The predicted octanol–water partition coefficient (Wildman–Crippen LogP) is 5.11. The van der Waals surface area contributed by atoms with Gasteiger partial charge in [0, 0.05) is 10.4 Å².